The molecule has 1 aliphatic rings. The average Bonchev–Trinajstić information content (AvgIpc) is 3.31. The summed E-state index contributed by atoms with van der Waals surface area (Å²) >= 11 is 0. The lowest BCUT2D eigenvalue weighted by Gasteiger charge is -2.06. The zero-order valence-corrected chi connectivity index (χ0v) is 17.8. The molecule has 2 aromatic carbocycles. The highest BCUT2D eigenvalue weighted by Crippen LogP contribution is 2.27. The number of amidine groups is 1. The average molecular weight is 449 g/mol. The Labute approximate surface area is 186 Å². The zero-order chi connectivity index (χ0) is 19.7. The number of fused-ring (bicyclic) bond motifs is 1. The lowest BCUT2D eigenvalue weighted by atomic mass is 10.0. The molecule has 10 heteroatoms. The summed E-state index contributed by atoms with van der Waals surface area (Å²) in [5, 5.41) is 16.8. The number of hydrogen-bond donors (Lipinski definition) is 3. The van der Waals surface area contributed by atoms with E-state index in [4.69, 9.17) is 21.4 Å². The fourth-order valence-corrected chi connectivity index (χ4v) is 3.40. The maximum absolute atomic E-state index is 9.00. The molecule has 0 amide bonds. The van der Waals surface area contributed by atoms with E-state index < -0.39 is 0 Å². The number of ether oxygens (including phenoxy) is 1. The third-order valence-corrected chi connectivity index (χ3v) is 4.81. The van der Waals surface area contributed by atoms with Crippen LogP contribution in [0.3, 0.4) is 0 Å². The van der Waals surface area contributed by atoms with Gasteiger partial charge in [0.25, 0.3) is 0 Å². The summed E-state index contributed by atoms with van der Waals surface area (Å²) in [7, 11) is 1.63. The van der Waals surface area contributed by atoms with E-state index >= 15 is 0 Å². The number of methoxy groups -OCH3 is 1. The highest BCUT2D eigenvalue weighted by atomic mass is 35.5. The van der Waals surface area contributed by atoms with Crippen LogP contribution in [0, 0.1) is 0 Å². The lowest BCUT2D eigenvalue weighted by molar-refractivity contribution is 0.318. The second kappa shape index (κ2) is 9.51. The minimum atomic E-state index is 0. The summed E-state index contributed by atoms with van der Waals surface area (Å²) in [5.41, 5.74) is 17.1. The normalized spacial score (nSPS) is 14.0. The van der Waals surface area contributed by atoms with Gasteiger partial charge in [-0.1, -0.05) is 23.4 Å². The Morgan fingerprint density at radius 2 is 1.87 bits per heavy atom. The Kier molecular flexibility index (Phi) is 7.31. The van der Waals surface area contributed by atoms with Crippen molar-refractivity contribution >= 4 is 42.3 Å². The van der Waals surface area contributed by atoms with E-state index in [0.717, 1.165) is 52.3 Å². The quantitative estimate of drug-likeness (QED) is 0.244. The maximum atomic E-state index is 9.00. The van der Waals surface area contributed by atoms with Gasteiger partial charge >= 0.3 is 0 Å². The van der Waals surface area contributed by atoms with E-state index in [-0.39, 0.29) is 30.6 Å². The van der Waals surface area contributed by atoms with Crippen LogP contribution in [0.25, 0.3) is 11.3 Å². The second-order valence-electron chi connectivity index (χ2n) is 6.42. The number of nitrogen functional groups attached to an aromatic ring is 1. The van der Waals surface area contributed by atoms with Gasteiger partial charge in [-0.3, -0.25) is 0 Å². The van der Waals surface area contributed by atoms with Crippen LogP contribution in [0.2, 0.25) is 0 Å². The van der Waals surface area contributed by atoms with Crippen molar-refractivity contribution in [2.75, 3.05) is 12.8 Å². The predicted molar refractivity (Wildman–Crippen MR) is 122 cm³/mol. The van der Waals surface area contributed by atoms with Gasteiger partial charge < -0.3 is 21.4 Å². The molecule has 5 N–H and O–H groups in total. The maximum Gasteiger partial charge on any atom is 0.221 e. The first kappa shape index (κ1) is 23.1. The Morgan fingerprint density at radius 3 is 2.53 bits per heavy atom. The largest absolute Gasteiger partial charge is 0.497 e. The monoisotopic (exact) mass is 448 g/mol. The molecule has 0 radical (unpaired) electrons. The summed E-state index contributed by atoms with van der Waals surface area (Å²) in [6, 6.07) is 13.3. The molecule has 1 aliphatic carbocycles. The molecule has 1 heterocycles. The van der Waals surface area contributed by atoms with Gasteiger partial charge in [0.2, 0.25) is 5.95 Å². The Bertz CT molecular complexity index is 1090. The third kappa shape index (κ3) is 4.19. The lowest BCUT2D eigenvalue weighted by Crippen LogP contribution is -2.15. The Balaban J connectivity index is 0.00000160. The van der Waals surface area contributed by atoms with E-state index in [9.17, 15) is 0 Å². The van der Waals surface area contributed by atoms with Crippen molar-refractivity contribution in [3.63, 3.8) is 0 Å². The van der Waals surface area contributed by atoms with Gasteiger partial charge in [-0.25, -0.2) is 9.66 Å². The van der Waals surface area contributed by atoms with Crippen LogP contribution < -0.4 is 16.2 Å². The smallest absolute Gasteiger partial charge is 0.221 e. The van der Waals surface area contributed by atoms with Crippen molar-refractivity contribution < 1.29 is 9.94 Å². The highest BCUT2D eigenvalue weighted by molar-refractivity contribution is 6.09. The van der Waals surface area contributed by atoms with Crippen LogP contribution in [0.4, 0.5) is 5.95 Å². The van der Waals surface area contributed by atoms with Crippen LogP contribution in [-0.4, -0.2) is 33.5 Å². The number of rotatable bonds is 4. The number of halogens is 2. The standard InChI is InChI=1S/C20H20N6O2.2ClH/c1-28-13-7-5-12(6-8-13)18-11-26(20(22)23-18)24-17-10-9-14-15(17)3-2-4-16(14)19(21)25-27;;/h2-8,11,27H,9-10H2,1H3,(H2,21,25)(H2,22,23);2*1H. The molecular formula is C20H22Cl2N6O2. The minimum Gasteiger partial charge on any atom is -0.497 e. The van der Waals surface area contributed by atoms with E-state index in [2.05, 4.69) is 15.2 Å². The number of nitrogens with zero attached hydrogens (tertiary/aromatic N) is 4. The molecule has 0 unspecified atom stereocenters. The number of aromatic nitrogens is 2. The molecule has 0 saturated carbocycles. The van der Waals surface area contributed by atoms with Gasteiger partial charge in [0.15, 0.2) is 5.84 Å². The molecule has 4 rings (SSSR count). The number of oxime groups is 1. The molecule has 0 atom stereocenters. The van der Waals surface area contributed by atoms with Crippen LogP contribution in [0.15, 0.2) is 58.9 Å². The SMILES string of the molecule is COc1ccc(-c2cn(N=C3CCc4c(C(N)=NO)cccc43)c(N)n2)cc1.Cl.Cl. The van der Waals surface area contributed by atoms with Crippen molar-refractivity contribution in [2.45, 2.75) is 12.8 Å². The number of benzene rings is 2. The van der Waals surface area contributed by atoms with Crippen molar-refractivity contribution in [3.8, 4) is 17.0 Å². The van der Waals surface area contributed by atoms with Crippen molar-refractivity contribution in [3.05, 3.63) is 65.4 Å². The van der Waals surface area contributed by atoms with Gasteiger partial charge in [-0.15, -0.1) is 24.8 Å². The fourth-order valence-electron chi connectivity index (χ4n) is 3.40. The highest BCUT2D eigenvalue weighted by Gasteiger charge is 2.22. The summed E-state index contributed by atoms with van der Waals surface area (Å²) < 4.78 is 6.77. The molecule has 8 nitrogen and oxygen atoms in total. The van der Waals surface area contributed by atoms with Crippen LogP contribution in [0.1, 0.15) is 23.1 Å². The van der Waals surface area contributed by atoms with Gasteiger partial charge in [0.1, 0.15) is 5.75 Å². The first-order valence-corrected chi connectivity index (χ1v) is 8.78. The zero-order valence-electron chi connectivity index (χ0n) is 16.1. The predicted octanol–water partition coefficient (Wildman–Crippen LogP) is 3.28. The molecule has 30 heavy (non-hydrogen) atoms. The van der Waals surface area contributed by atoms with Crippen molar-refractivity contribution in [2.24, 2.45) is 16.0 Å². The first-order chi connectivity index (χ1) is 13.6. The molecule has 0 bridgehead atoms. The summed E-state index contributed by atoms with van der Waals surface area (Å²) in [4.78, 5) is 4.41. The van der Waals surface area contributed by atoms with E-state index in [1.807, 2.05) is 42.5 Å². The van der Waals surface area contributed by atoms with Gasteiger partial charge in [0, 0.05) is 16.7 Å². The molecule has 0 spiro atoms. The molecule has 0 saturated heterocycles. The van der Waals surface area contributed by atoms with Crippen molar-refractivity contribution in [1.29, 1.82) is 0 Å². The van der Waals surface area contributed by atoms with E-state index in [0.29, 0.717) is 5.95 Å². The third-order valence-electron chi connectivity index (χ3n) is 4.81. The van der Waals surface area contributed by atoms with E-state index in [1.165, 1.54) is 0 Å². The van der Waals surface area contributed by atoms with Gasteiger partial charge in [-0.05, 0) is 42.7 Å². The first-order valence-electron chi connectivity index (χ1n) is 8.78. The number of nitrogens with two attached hydrogens (primary N) is 2. The van der Waals surface area contributed by atoms with Gasteiger partial charge in [0.05, 0.1) is 24.7 Å². The van der Waals surface area contributed by atoms with Crippen LogP contribution in [-0.2, 0) is 6.42 Å². The molecule has 3 aromatic rings. The van der Waals surface area contributed by atoms with Crippen LogP contribution >= 0.6 is 24.8 Å². The van der Waals surface area contributed by atoms with Gasteiger partial charge in [-0.2, -0.15) is 5.10 Å². The summed E-state index contributed by atoms with van der Waals surface area (Å²) in [5.74, 6) is 1.18. The molecular weight excluding hydrogens is 427 g/mol. The number of anilines is 1. The number of hydrogen-bond acceptors (Lipinski definition) is 6. The number of imidazole rings is 1. The van der Waals surface area contributed by atoms with E-state index in [1.54, 1.807) is 18.0 Å². The fraction of sp³-hybridized carbons (Fsp3) is 0.150. The summed E-state index contributed by atoms with van der Waals surface area (Å²) in [6.45, 7) is 0. The Morgan fingerprint density at radius 1 is 1.13 bits per heavy atom. The molecule has 0 fully saturated rings. The molecule has 1 aromatic heterocycles. The summed E-state index contributed by atoms with van der Waals surface area (Å²) in [6.07, 6.45) is 3.30. The topological polar surface area (TPSA) is 124 Å². The Hall–Kier alpha value is -3.23. The van der Waals surface area contributed by atoms with Crippen LogP contribution in [0.5, 0.6) is 5.75 Å². The molecule has 158 valence electrons. The van der Waals surface area contributed by atoms with Crippen molar-refractivity contribution in [1.82, 2.24) is 9.66 Å². The minimum absolute atomic E-state index is 0. The second-order valence-corrected chi connectivity index (χ2v) is 6.42. The molecule has 0 aliphatic heterocycles.